The Balaban J connectivity index is 1.77. The molecule has 10 atom stereocenters. The molecule has 2 fully saturated rings. The van der Waals surface area contributed by atoms with Gasteiger partial charge in [0, 0.05) is 51.5 Å². The van der Waals surface area contributed by atoms with Gasteiger partial charge in [-0.1, -0.05) is 45.1 Å². The van der Waals surface area contributed by atoms with Crippen LogP contribution in [0.25, 0.3) is 0 Å². The molecule has 0 aromatic rings. The lowest BCUT2D eigenvalue weighted by Crippen LogP contribution is -2.50. The van der Waals surface area contributed by atoms with E-state index in [1.54, 1.807) is 43.2 Å². The van der Waals surface area contributed by atoms with Crippen molar-refractivity contribution in [2.75, 3.05) is 33.3 Å². The van der Waals surface area contributed by atoms with Gasteiger partial charge in [-0.2, -0.15) is 0 Å². The summed E-state index contributed by atoms with van der Waals surface area (Å²) >= 11 is 0. The predicted octanol–water partition coefficient (Wildman–Crippen LogP) is 3.27. The van der Waals surface area contributed by atoms with Crippen LogP contribution in [0.3, 0.4) is 0 Å². The quantitative estimate of drug-likeness (QED) is 0.122. The summed E-state index contributed by atoms with van der Waals surface area (Å²) in [6, 6.07) is 0. The van der Waals surface area contributed by atoms with Crippen LogP contribution in [0.15, 0.2) is 36.0 Å². The number of aliphatic hydroxyl groups excluding tert-OH is 2. The van der Waals surface area contributed by atoms with Gasteiger partial charge in [0.1, 0.15) is 11.7 Å². The van der Waals surface area contributed by atoms with Crippen LogP contribution in [-0.4, -0.2) is 113 Å². The largest absolute Gasteiger partial charge is 0.457 e. The van der Waals surface area contributed by atoms with E-state index in [0.29, 0.717) is 45.4 Å². The van der Waals surface area contributed by atoms with Crippen LogP contribution in [0.4, 0.5) is 4.79 Å². The number of carbonyl (C=O) groups excluding carboxylic acids is 2. The standard InChI is InChI=1S/C34H56N2O9/c1-8-26(38)24(4)31-27(43-31)21-33(5,41)14-9-10-22(2)30-23(3)11-12-28(44-32(40)36-18-16-35-17-19-36)34(6,42-7)15-13-25(37)20-29(39)45-30/h9-12,14,23-28,30-31,35,37-38,41H,8,13,15-21H2,1-7H3/b12-11?,14-9+,22-10+/t23?,24-,25?,26+,27+,28?,30?,31+,33?,34?/m1/s1. The van der Waals surface area contributed by atoms with Gasteiger partial charge in [-0.05, 0) is 51.7 Å². The minimum atomic E-state index is -1.14. The van der Waals surface area contributed by atoms with Crippen molar-refractivity contribution < 1.29 is 43.9 Å². The summed E-state index contributed by atoms with van der Waals surface area (Å²) in [5, 5.41) is 35.0. The Morgan fingerprint density at radius 3 is 2.64 bits per heavy atom. The zero-order valence-electron chi connectivity index (χ0n) is 28.1. The van der Waals surface area contributed by atoms with Crippen LogP contribution in [0.5, 0.6) is 0 Å². The van der Waals surface area contributed by atoms with Crippen LogP contribution in [0.2, 0.25) is 0 Å². The summed E-state index contributed by atoms with van der Waals surface area (Å²) < 4.78 is 23.5. The highest BCUT2D eigenvalue weighted by Gasteiger charge is 2.47. The minimum absolute atomic E-state index is 0.00213. The topological polar surface area (TPSA) is 150 Å². The first-order chi connectivity index (χ1) is 21.2. The molecular weight excluding hydrogens is 580 g/mol. The lowest BCUT2D eigenvalue weighted by atomic mass is 9.88. The molecule has 3 aliphatic rings. The van der Waals surface area contributed by atoms with Gasteiger partial charge < -0.3 is 44.5 Å². The number of carbonyl (C=O) groups is 2. The number of epoxide rings is 1. The van der Waals surface area contributed by atoms with Crippen LogP contribution in [-0.2, 0) is 23.7 Å². The molecule has 6 unspecified atom stereocenters. The highest BCUT2D eigenvalue weighted by atomic mass is 16.6. The highest BCUT2D eigenvalue weighted by Crippen LogP contribution is 2.37. The lowest BCUT2D eigenvalue weighted by molar-refractivity contribution is -0.151. The van der Waals surface area contributed by atoms with E-state index in [0.717, 1.165) is 5.57 Å². The van der Waals surface area contributed by atoms with Crippen molar-refractivity contribution in [2.45, 2.75) is 121 Å². The first-order valence-electron chi connectivity index (χ1n) is 16.4. The van der Waals surface area contributed by atoms with E-state index in [4.69, 9.17) is 18.9 Å². The Bertz CT molecular complexity index is 1070. The SMILES string of the molecule is CC[C@H](O)[C@@H](C)[C@@H]1O[C@H]1CC(C)(O)/C=C/C=C(\C)C1OC(=O)CC(O)CCC(C)(OC)C(OC(=O)N2CCNCC2)C=CC1C. The average molecular weight is 637 g/mol. The molecule has 0 bridgehead atoms. The number of hydrogen-bond acceptors (Lipinski definition) is 10. The number of cyclic esters (lactones) is 1. The second-order valence-corrected chi connectivity index (χ2v) is 13.4. The molecule has 0 aliphatic carbocycles. The van der Waals surface area contributed by atoms with Gasteiger partial charge in [-0.15, -0.1) is 0 Å². The Morgan fingerprint density at radius 1 is 1.31 bits per heavy atom. The van der Waals surface area contributed by atoms with Crippen LogP contribution < -0.4 is 5.32 Å². The Labute approximate surface area is 268 Å². The fraction of sp³-hybridized carbons (Fsp3) is 0.765. The maximum Gasteiger partial charge on any atom is 0.410 e. The number of aliphatic hydroxyl groups is 3. The van der Waals surface area contributed by atoms with Gasteiger partial charge in [-0.3, -0.25) is 4.79 Å². The number of ether oxygens (including phenoxy) is 4. The Morgan fingerprint density at radius 2 is 2.00 bits per heavy atom. The molecule has 11 heteroatoms. The molecule has 256 valence electrons. The van der Waals surface area contributed by atoms with E-state index < -0.39 is 47.7 Å². The molecule has 45 heavy (non-hydrogen) atoms. The van der Waals surface area contributed by atoms with Crippen molar-refractivity contribution in [3.05, 3.63) is 36.0 Å². The van der Waals surface area contributed by atoms with E-state index >= 15 is 0 Å². The molecule has 0 spiro atoms. The fourth-order valence-electron chi connectivity index (χ4n) is 6.04. The van der Waals surface area contributed by atoms with Gasteiger partial charge in [0.2, 0.25) is 0 Å². The van der Waals surface area contributed by atoms with E-state index in [1.165, 1.54) is 0 Å². The molecule has 0 aromatic heterocycles. The Hall–Kier alpha value is -2.28. The Kier molecular flexibility index (Phi) is 13.6. The molecule has 1 amide bonds. The average Bonchev–Trinajstić information content (AvgIpc) is 3.77. The van der Waals surface area contributed by atoms with E-state index in [2.05, 4.69) is 5.32 Å². The van der Waals surface area contributed by atoms with E-state index in [-0.39, 0.29) is 36.9 Å². The van der Waals surface area contributed by atoms with Gasteiger partial charge in [0.05, 0.1) is 36.4 Å². The summed E-state index contributed by atoms with van der Waals surface area (Å²) in [4.78, 5) is 27.6. The number of piperazine rings is 1. The molecule has 0 radical (unpaired) electrons. The third kappa shape index (κ3) is 10.9. The number of nitrogens with one attached hydrogen (secondary N) is 1. The van der Waals surface area contributed by atoms with Crippen LogP contribution >= 0.6 is 0 Å². The number of rotatable bonds is 10. The first-order valence-corrected chi connectivity index (χ1v) is 16.4. The van der Waals surface area contributed by atoms with Crippen molar-refractivity contribution >= 4 is 12.1 Å². The molecule has 4 N–H and O–H groups in total. The highest BCUT2D eigenvalue weighted by molar-refractivity contribution is 5.70. The minimum Gasteiger partial charge on any atom is -0.457 e. The molecule has 3 rings (SSSR count). The zero-order valence-corrected chi connectivity index (χ0v) is 28.1. The lowest BCUT2D eigenvalue weighted by Gasteiger charge is -2.37. The van der Waals surface area contributed by atoms with Crippen molar-refractivity contribution in [2.24, 2.45) is 11.8 Å². The summed E-state index contributed by atoms with van der Waals surface area (Å²) in [6.07, 6.45) is 6.95. The third-order valence-corrected chi connectivity index (χ3v) is 9.42. The molecule has 3 heterocycles. The third-order valence-electron chi connectivity index (χ3n) is 9.42. The van der Waals surface area contributed by atoms with E-state index in [1.807, 2.05) is 40.7 Å². The molecule has 2 saturated heterocycles. The molecular formula is C34H56N2O9. The van der Waals surface area contributed by atoms with Gasteiger partial charge in [0.15, 0.2) is 6.10 Å². The van der Waals surface area contributed by atoms with Crippen molar-refractivity contribution in [3.63, 3.8) is 0 Å². The second-order valence-electron chi connectivity index (χ2n) is 13.4. The maximum absolute atomic E-state index is 13.1. The van der Waals surface area contributed by atoms with E-state index in [9.17, 15) is 24.9 Å². The van der Waals surface area contributed by atoms with Gasteiger partial charge >= 0.3 is 12.1 Å². The number of methoxy groups -OCH3 is 1. The molecule has 3 aliphatic heterocycles. The molecule has 0 saturated carbocycles. The monoisotopic (exact) mass is 636 g/mol. The summed E-state index contributed by atoms with van der Waals surface area (Å²) in [5.74, 6) is -0.833. The number of esters is 1. The second kappa shape index (κ2) is 16.5. The molecule has 11 nitrogen and oxygen atoms in total. The summed E-state index contributed by atoms with van der Waals surface area (Å²) in [7, 11) is 1.55. The number of allylic oxidation sites excluding steroid dienone is 2. The number of amides is 1. The number of hydrogen-bond donors (Lipinski definition) is 4. The van der Waals surface area contributed by atoms with Crippen LogP contribution in [0, 0.1) is 11.8 Å². The zero-order chi connectivity index (χ0) is 33.4. The smallest absolute Gasteiger partial charge is 0.410 e. The van der Waals surface area contributed by atoms with Crippen molar-refractivity contribution in [3.8, 4) is 0 Å². The van der Waals surface area contributed by atoms with Crippen molar-refractivity contribution in [1.82, 2.24) is 10.2 Å². The predicted molar refractivity (Wildman–Crippen MR) is 170 cm³/mol. The summed E-state index contributed by atoms with van der Waals surface area (Å²) in [5.41, 5.74) is -1.34. The summed E-state index contributed by atoms with van der Waals surface area (Å²) in [6.45, 7) is 13.7. The van der Waals surface area contributed by atoms with Gasteiger partial charge in [-0.25, -0.2) is 4.79 Å². The van der Waals surface area contributed by atoms with Gasteiger partial charge in [0.25, 0.3) is 0 Å². The fourth-order valence-corrected chi connectivity index (χ4v) is 6.04. The van der Waals surface area contributed by atoms with Crippen LogP contribution in [0.1, 0.15) is 73.6 Å². The normalized spacial score (nSPS) is 34.7. The molecule has 0 aromatic carbocycles. The van der Waals surface area contributed by atoms with Crippen molar-refractivity contribution in [1.29, 1.82) is 0 Å². The maximum atomic E-state index is 13.1. The first kappa shape index (κ1) is 37.2. The number of nitrogens with zero attached hydrogens (tertiary/aromatic N) is 1.